The summed E-state index contributed by atoms with van der Waals surface area (Å²) in [7, 11) is 0. The minimum Gasteiger partial charge on any atom is -0.395 e. The average Bonchev–Trinajstić information content (AvgIpc) is 2.14. The molecule has 1 rings (SSSR count). The number of aliphatic hydroxyl groups excluding tert-OH is 1. The second-order valence-corrected chi connectivity index (χ2v) is 3.51. The Kier molecular flexibility index (Phi) is 3.11. The third-order valence-corrected chi connectivity index (χ3v) is 2.44. The quantitative estimate of drug-likeness (QED) is 0.705. The third-order valence-electron chi connectivity index (χ3n) is 2.44. The van der Waals surface area contributed by atoms with Crippen molar-refractivity contribution < 1.29 is 31.4 Å². The summed E-state index contributed by atoms with van der Waals surface area (Å²) in [6.45, 7) is -1.27. The lowest BCUT2D eigenvalue weighted by Gasteiger charge is -2.32. The number of hydrogen-bond donors (Lipinski definition) is 1. The molecule has 0 fully saturated rings. The van der Waals surface area contributed by atoms with Crippen LogP contribution in [0.5, 0.6) is 0 Å². The molecule has 1 atom stereocenters. The van der Waals surface area contributed by atoms with Crippen LogP contribution in [0, 0.1) is 5.41 Å². The number of alkyl halides is 6. The summed E-state index contributed by atoms with van der Waals surface area (Å²) >= 11 is 0. The van der Waals surface area contributed by atoms with Crippen molar-refractivity contribution >= 4 is 0 Å². The first-order chi connectivity index (χ1) is 7.12. The van der Waals surface area contributed by atoms with Crippen molar-refractivity contribution in [1.82, 2.24) is 0 Å². The maximum absolute atomic E-state index is 12.5. The van der Waals surface area contributed by atoms with Gasteiger partial charge in [-0.25, -0.2) is 0 Å². The van der Waals surface area contributed by atoms with E-state index < -0.39 is 36.4 Å². The predicted octanol–water partition coefficient (Wildman–Crippen LogP) is 2.98. The Labute approximate surface area is 87.1 Å². The smallest absolute Gasteiger partial charge is 0.395 e. The monoisotopic (exact) mass is 246 g/mol. The van der Waals surface area contributed by atoms with Crippen LogP contribution in [0.1, 0.15) is 6.42 Å². The summed E-state index contributed by atoms with van der Waals surface area (Å²) < 4.78 is 73.9. The molecule has 1 aliphatic carbocycles. The molecule has 1 aliphatic rings. The molecule has 0 aliphatic heterocycles. The van der Waals surface area contributed by atoms with Crippen LogP contribution < -0.4 is 0 Å². The van der Waals surface area contributed by atoms with Gasteiger partial charge in [0.05, 0.1) is 12.2 Å². The van der Waals surface area contributed by atoms with Gasteiger partial charge in [0.2, 0.25) is 0 Å². The zero-order valence-electron chi connectivity index (χ0n) is 7.86. The van der Waals surface area contributed by atoms with Crippen LogP contribution in [0.2, 0.25) is 0 Å². The summed E-state index contributed by atoms with van der Waals surface area (Å²) in [4.78, 5) is 0. The van der Waals surface area contributed by atoms with E-state index in [9.17, 15) is 26.3 Å². The van der Waals surface area contributed by atoms with Gasteiger partial charge in [0, 0.05) is 0 Å². The van der Waals surface area contributed by atoms with Crippen molar-refractivity contribution in [3.8, 4) is 0 Å². The molecule has 16 heavy (non-hydrogen) atoms. The maximum Gasteiger partial charge on any atom is 0.416 e. The topological polar surface area (TPSA) is 20.2 Å². The summed E-state index contributed by atoms with van der Waals surface area (Å²) in [5.41, 5.74) is -3.72. The number of hydrogen-bond acceptors (Lipinski definition) is 1. The van der Waals surface area contributed by atoms with Gasteiger partial charge in [0.25, 0.3) is 0 Å². The van der Waals surface area contributed by atoms with Crippen LogP contribution in [-0.2, 0) is 0 Å². The van der Waals surface area contributed by atoms with Crippen LogP contribution in [0.15, 0.2) is 23.8 Å². The maximum atomic E-state index is 12.5. The molecule has 1 nitrogen and oxygen atoms in total. The van der Waals surface area contributed by atoms with Crippen LogP contribution in [0.3, 0.4) is 0 Å². The largest absolute Gasteiger partial charge is 0.416 e. The van der Waals surface area contributed by atoms with Crippen LogP contribution >= 0.6 is 0 Å². The fraction of sp³-hybridized carbons (Fsp3) is 0.556. The van der Waals surface area contributed by atoms with E-state index >= 15 is 0 Å². The van der Waals surface area contributed by atoms with E-state index in [1.165, 1.54) is 0 Å². The molecule has 0 aromatic carbocycles. The Hall–Kier alpha value is -0.980. The van der Waals surface area contributed by atoms with E-state index in [0.29, 0.717) is 18.2 Å². The molecule has 0 amide bonds. The van der Waals surface area contributed by atoms with Gasteiger partial charge in [-0.1, -0.05) is 18.2 Å². The van der Waals surface area contributed by atoms with Crippen molar-refractivity contribution in [2.45, 2.75) is 18.8 Å². The van der Waals surface area contributed by atoms with E-state index in [2.05, 4.69) is 0 Å². The molecule has 1 N–H and O–H groups in total. The van der Waals surface area contributed by atoms with Gasteiger partial charge in [-0.2, -0.15) is 26.3 Å². The summed E-state index contributed by atoms with van der Waals surface area (Å²) in [5, 5.41) is 8.68. The van der Waals surface area contributed by atoms with Crippen molar-refractivity contribution in [2.75, 3.05) is 6.61 Å². The zero-order valence-corrected chi connectivity index (χ0v) is 7.86. The predicted molar refractivity (Wildman–Crippen MR) is 43.5 cm³/mol. The van der Waals surface area contributed by atoms with Crippen LogP contribution in [0.4, 0.5) is 26.3 Å². The normalized spacial score (nSPS) is 26.8. The van der Waals surface area contributed by atoms with E-state index in [4.69, 9.17) is 5.11 Å². The first-order valence-corrected chi connectivity index (χ1v) is 4.26. The molecule has 0 aromatic heterocycles. The molecule has 0 radical (unpaired) electrons. The summed E-state index contributed by atoms with van der Waals surface area (Å²) in [6, 6.07) is 0. The highest BCUT2D eigenvalue weighted by atomic mass is 19.4. The van der Waals surface area contributed by atoms with Gasteiger partial charge in [-0.15, -0.1) is 0 Å². The van der Waals surface area contributed by atoms with E-state index in [1.807, 2.05) is 0 Å². The Morgan fingerprint density at radius 1 is 1.19 bits per heavy atom. The average molecular weight is 246 g/mol. The SMILES string of the molecule is OCC1(C(F)(F)F)C=CC(C(F)(F)F)=CC1. The molecule has 7 heteroatoms. The minimum atomic E-state index is -4.77. The Balaban J connectivity index is 2.97. The highest BCUT2D eigenvalue weighted by molar-refractivity contribution is 5.31. The minimum absolute atomic E-state index is 0.354. The summed E-state index contributed by atoms with van der Waals surface area (Å²) in [6.07, 6.45) is -9.17. The van der Waals surface area contributed by atoms with Gasteiger partial charge >= 0.3 is 12.4 Å². The van der Waals surface area contributed by atoms with Crippen LogP contribution in [-0.4, -0.2) is 24.1 Å². The van der Waals surface area contributed by atoms with E-state index in [-0.39, 0.29) is 0 Å². The number of aliphatic hydroxyl groups is 1. The van der Waals surface area contributed by atoms with Gasteiger partial charge in [-0.3, -0.25) is 0 Å². The number of rotatable bonds is 1. The van der Waals surface area contributed by atoms with Gasteiger partial charge < -0.3 is 5.11 Å². The first kappa shape index (κ1) is 13.1. The second-order valence-electron chi connectivity index (χ2n) is 3.51. The van der Waals surface area contributed by atoms with Crippen molar-refractivity contribution in [3.05, 3.63) is 23.8 Å². The molecule has 0 heterocycles. The fourth-order valence-electron chi connectivity index (χ4n) is 1.30. The van der Waals surface area contributed by atoms with Crippen molar-refractivity contribution in [3.63, 3.8) is 0 Å². The van der Waals surface area contributed by atoms with E-state index in [0.717, 1.165) is 0 Å². The van der Waals surface area contributed by atoms with Gasteiger partial charge in [0.15, 0.2) is 0 Å². The fourth-order valence-corrected chi connectivity index (χ4v) is 1.30. The molecule has 0 saturated carbocycles. The Morgan fingerprint density at radius 2 is 1.75 bits per heavy atom. The molecular weight excluding hydrogens is 238 g/mol. The summed E-state index contributed by atoms with van der Waals surface area (Å²) in [5.74, 6) is 0. The molecule has 0 aromatic rings. The Bertz CT molecular complexity index is 324. The number of allylic oxidation sites excluding steroid dienone is 3. The van der Waals surface area contributed by atoms with Crippen LogP contribution in [0.25, 0.3) is 0 Å². The second kappa shape index (κ2) is 3.80. The van der Waals surface area contributed by atoms with Crippen molar-refractivity contribution in [1.29, 1.82) is 0 Å². The molecule has 0 saturated heterocycles. The zero-order chi connectivity index (χ0) is 12.6. The standard InChI is InChI=1S/C9H8F6O/c10-8(11,12)6-1-3-7(5-16,4-2-6)9(13,14)15/h1-3,16H,4-5H2. The Morgan fingerprint density at radius 3 is 2.00 bits per heavy atom. The molecule has 1 unspecified atom stereocenters. The lowest BCUT2D eigenvalue weighted by atomic mass is 9.80. The highest BCUT2D eigenvalue weighted by Gasteiger charge is 2.53. The van der Waals surface area contributed by atoms with Crippen molar-refractivity contribution in [2.24, 2.45) is 5.41 Å². The lowest BCUT2D eigenvalue weighted by molar-refractivity contribution is -0.216. The third kappa shape index (κ3) is 2.23. The molecule has 0 spiro atoms. The number of halogens is 6. The molecule has 92 valence electrons. The highest BCUT2D eigenvalue weighted by Crippen LogP contribution is 2.46. The van der Waals surface area contributed by atoms with E-state index in [1.54, 1.807) is 0 Å². The lowest BCUT2D eigenvalue weighted by Crippen LogP contribution is -2.40. The van der Waals surface area contributed by atoms with Gasteiger partial charge in [-0.05, 0) is 6.42 Å². The van der Waals surface area contributed by atoms with Gasteiger partial charge in [0.1, 0.15) is 5.41 Å². The molecule has 0 bridgehead atoms. The molecular formula is C9H8F6O. The first-order valence-electron chi connectivity index (χ1n) is 4.26.